The van der Waals surface area contributed by atoms with E-state index in [9.17, 15) is 31.4 Å². The minimum absolute atomic E-state index is 0.0944. The number of alkyl halides is 6. The molecule has 9 heteroatoms. The van der Waals surface area contributed by atoms with E-state index in [2.05, 4.69) is 5.10 Å². The van der Waals surface area contributed by atoms with Gasteiger partial charge in [0.25, 0.3) is 0 Å². The number of hydrogen-bond donors (Lipinski definition) is 1. The third-order valence-corrected chi connectivity index (χ3v) is 3.71. The van der Waals surface area contributed by atoms with Crippen molar-refractivity contribution >= 4 is 0 Å². The second-order valence-electron chi connectivity index (χ2n) is 5.44. The third kappa shape index (κ3) is 3.12. The molecule has 1 N–H and O–H groups in total. The molecule has 1 aromatic carbocycles. The molecule has 0 saturated carbocycles. The molecule has 0 aliphatic heterocycles. The maximum atomic E-state index is 13.3. The minimum Gasteiger partial charge on any atom is -0.392 e. The van der Waals surface area contributed by atoms with Crippen molar-refractivity contribution in [3.63, 3.8) is 0 Å². The van der Waals surface area contributed by atoms with E-state index in [1.54, 1.807) is 6.92 Å². The summed E-state index contributed by atoms with van der Waals surface area (Å²) in [5.74, 6) is 0. The van der Waals surface area contributed by atoms with Gasteiger partial charge in [0.05, 0.1) is 6.61 Å². The number of aliphatic hydroxyl groups excluding tert-OH is 1. The van der Waals surface area contributed by atoms with Gasteiger partial charge in [-0.2, -0.15) is 31.4 Å². The molecule has 0 fully saturated rings. The summed E-state index contributed by atoms with van der Waals surface area (Å²) < 4.78 is 79.4. The summed E-state index contributed by atoms with van der Waals surface area (Å²) in [6.07, 6.45) is -10.4. The number of aromatic nitrogens is 2. The van der Waals surface area contributed by atoms with Gasteiger partial charge in [0.2, 0.25) is 0 Å². The summed E-state index contributed by atoms with van der Waals surface area (Å²) in [6, 6.07) is 2.74. The molecule has 0 amide bonds. The first-order valence-electron chi connectivity index (χ1n) is 6.80. The molecule has 24 heavy (non-hydrogen) atoms. The van der Waals surface area contributed by atoms with E-state index < -0.39 is 35.9 Å². The Balaban J connectivity index is 2.87. The summed E-state index contributed by atoms with van der Waals surface area (Å²) in [5.41, 5.74) is -3.29. The predicted octanol–water partition coefficient (Wildman–Crippen LogP) is 4.23. The fraction of sp³-hybridized carbons (Fsp3) is 0.400. The smallest absolute Gasteiger partial charge is 0.392 e. The Hall–Kier alpha value is -2.03. The zero-order valence-corrected chi connectivity index (χ0v) is 13.0. The molecule has 0 unspecified atom stereocenters. The largest absolute Gasteiger partial charge is 0.433 e. The summed E-state index contributed by atoms with van der Waals surface area (Å²) in [6.45, 7) is 2.68. The van der Waals surface area contributed by atoms with Gasteiger partial charge < -0.3 is 5.11 Å². The quantitative estimate of drug-likeness (QED) is 0.822. The van der Waals surface area contributed by atoms with Crippen LogP contribution in [0.2, 0.25) is 0 Å². The van der Waals surface area contributed by atoms with Crippen LogP contribution in [-0.2, 0) is 26.0 Å². The van der Waals surface area contributed by atoms with Crippen molar-refractivity contribution in [2.75, 3.05) is 0 Å². The van der Waals surface area contributed by atoms with E-state index in [0.717, 1.165) is 7.05 Å². The van der Waals surface area contributed by atoms with E-state index in [1.807, 2.05) is 0 Å². The number of rotatable bonds is 2. The Bertz CT molecular complexity index is 774. The van der Waals surface area contributed by atoms with Crippen molar-refractivity contribution in [1.29, 1.82) is 0 Å². The van der Waals surface area contributed by atoms with Gasteiger partial charge in [-0.1, -0.05) is 6.07 Å². The van der Waals surface area contributed by atoms with E-state index in [0.29, 0.717) is 16.7 Å². The van der Waals surface area contributed by atoms with Crippen molar-refractivity contribution in [2.24, 2.45) is 7.05 Å². The molecule has 0 atom stereocenters. The van der Waals surface area contributed by atoms with Gasteiger partial charge in [0.1, 0.15) is 11.3 Å². The highest BCUT2D eigenvalue weighted by Crippen LogP contribution is 2.45. The Morgan fingerprint density at radius 3 is 2.04 bits per heavy atom. The van der Waals surface area contributed by atoms with Gasteiger partial charge in [-0.05, 0) is 36.6 Å². The minimum atomic E-state index is -5.23. The van der Waals surface area contributed by atoms with Crippen LogP contribution < -0.4 is 0 Å². The number of nitrogens with zero attached hydrogens (tertiary/aromatic N) is 2. The van der Waals surface area contributed by atoms with E-state index in [1.165, 1.54) is 19.1 Å². The van der Waals surface area contributed by atoms with Gasteiger partial charge in [-0.15, -0.1) is 0 Å². The molecular formula is C15H14F6N2O. The molecule has 3 nitrogen and oxygen atoms in total. The highest BCUT2D eigenvalue weighted by Gasteiger charge is 2.49. The van der Waals surface area contributed by atoms with E-state index >= 15 is 0 Å². The molecule has 0 aliphatic carbocycles. The summed E-state index contributed by atoms with van der Waals surface area (Å²) in [7, 11) is 0.818. The van der Waals surface area contributed by atoms with Crippen LogP contribution in [0.3, 0.4) is 0 Å². The van der Waals surface area contributed by atoms with E-state index in [-0.39, 0.29) is 10.2 Å². The molecular weight excluding hydrogens is 338 g/mol. The van der Waals surface area contributed by atoms with Crippen LogP contribution in [0.5, 0.6) is 0 Å². The Kier molecular flexibility index (Phi) is 4.43. The Labute approximate surface area is 133 Å². The van der Waals surface area contributed by atoms with Gasteiger partial charge >= 0.3 is 12.4 Å². The lowest BCUT2D eigenvalue weighted by molar-refractivity contribution is -0.165. The number of aliphatic hydroxyl groups is 1. The van der Waals surface area contributed by atoms with Crippen LogP contribution in [0, 0.1) is 13.8 Å². The fourth-order valence-electron chi connectivity index (χ4n) is 2.63. The van der Waals surface area contributed by atoms with Crippen molar-refractivity contribution in [1.82, 2.24) is 9.78 Å². The second-order valence-corrected chi connectivity index (χ2v) is 5.44. The Morgan fingerprint density at radius 1 is 1.00 bits per heavy atom. The first-order chi connectivity index (χ1) is 10.9. The third-order valence-electron chi connectivity index (χ3n) is 3.71. The monoisotopic (exact) mass is 352 g/mol. The molecule has 2 aromatic rings. The van der Waals surface area contributed by atoms with Crippen molar-refractivity contribution in [3.05, 3.63) is 40.1 Å². The van der Waals surface area contributed by atoms with Crippen LogP contribution in [0.15, 0.2) is 12.1 Å². The Morgan fingerprint density at radius 2 is 1.58 bits per heavy atom. The normalized spacial score (nSPS) is 12.8. The summed E-state index contributed by atoms with van der Waals surface area (Å²) in [5, 5.41) is 12.7. The molecule has 1 heterocycles. The number of benzene rings is 1. The molecule has 2 rings (SSSR count). The lowest BCUT2D eigenvalue weighted by atomic mass is 9.95. The highest BCUT2D eigenvalue weighted by molar-refractivity contribution is 5.70. The number of aryl methyl sites for hydroxylation is 3. The van der Waals surface area contributed by atoms with Crippen molar-refractivity contribution in [3.8, 4) is 11.3 Å². The van der Waals surface area contributed by atoms with Gasteiger partial charge in [0.15, 0.2) is 5.69 Å². The topological polar surface area (TPSA) is 38.0 Å². The zero-order chi connectivity index (χ0) is 18.4. The van der Waals surface area contributed by atoms with Gasteiger partial charge in [-0.3, -0.25) is 4.68 Å². The summed E-state index contributed by atoms with van der Waals surface area (Å²) >= 11 is 0. The molecule has 0 aliphatic rings. The molecule has 132 valence electrons. The average molecular weight is 352 g/mol. The fourth-order valence-corrected chi connectivity index (χ4v) is 2.63. The maximum absolute atomic E-state index is 13.3. The van der Waals surface area contributed by atoms with Crippen LogP contribution in [-0.4, -0.2) is 14.9 Å². The SMILES string of the molecule is Cc1cc(C)c(-c2nn(C)c(C(F)(F)F)c2C(F)(F)F)cc1CO. The molecule has 0 bridgehead atoms. The van der Waals surface area contributed by atoms with Crippen molar-refractivity contribution in [2.45, 2.75) is 32.8 Å². The molecule has 0 saturated heterocycles. The first-order valence-corrected chi connectivity index (χ1v) is 6.80. The predicted molar refractivity (Wildman–Crippen MR) is 74.0 cm³/mol. The maximum Gasteiger partial charge on any atom is 0.433 e. The van der Waals surface area contributed by atoms with Gasteiger partial charge in [-0.25, -0.2) is 0 Å². The second kappa shape index (κ2) is 5.80. The van der Waals surface area contributed by atoms with Crippen molar-refractivity contribution < 1.29 is 31.4 Å². The average Bonchev–Trinajstić information content (AvgIpc) is 2.76. The number of halogens is 6. The van der Waals surface area contributed by atoms with Crippen LogP contribution in [0.4, 0.5) is 26.3 Å². The molecule has 0 radical (unpaired) electrons. The molecule has 0 spiro atoms. The van der Waals surface area contributed by atoms with Gasteiger partial charge in [0, 0.05) is 12.6 Å². The highest BCUT2D eigenvalue weighted by atomic mass is 19.4. The van der Waals surface area contributed by atoms with Crippen LogP contribution in [0.1, 0.15) is 27.9 Å². The molecule has 1 aromatic heterocycles. The lowest BCUT2D eigenvalue weighted by Crippen LogP contribution is -2.19. The standard InChI is InChI=1S/C15H14F6N2O/c1-7-4-8(2)10(5-9(7)6-24)12-11(14(16,17)18)13(15(19,20)21)23(3)22-12/h4-5,24H,6H2,1-3H3. The van der Waals surface area contributed by atoms with Crippen LogP contribution >= 0.6 is 0 Å². The van der Waals surface area contributed by atoms with E-state index in [4.69, 9.17) is 0 Å². The zero-order valence-electron chi connectivity index (χ0n) is 13.0. The number of hydrogen-bond acceptors (Lipinski definition) is 2. The summed E-state index contributed by atoms with van der Waals surface area (Å²) in [4.78, 5) is 0. The lowest BCUT2D eigenvalue weighted by Gasteiger charge is -2.14. The van der Waals surface area contributed by atoms with Crippen LogP contribution in [0.25, 0.3) is 11.3 Å². The first kappa shape index (κ1) is 18.3.